The van der Waals surface area contributed by atoms with Crippen molar-refractivity contribution in [1.29, 1.82) is 0 Å². The monoisotopic (exact) mass is 349 g/mol. The molecule has 1 saturated carbocycles. The first-order valence-electron chi connectivity index (χ1n) is 6.77. The molecule has 0 bridgehead atoms. The Balaban J connectivity index is 1.84. The van der Waals surface area contributed by atoms with Crippen LogP contribution in [0.4, 0.5) is 5.95 Å². The normalized spacial score (nSPS) is 14.0. The van der Waals surface area contributed by atoms with Gasteiger partial charge in [-0.1, -0.05) is 6.07 Å². The van der Waals surface area contributed by atoms with Crippen LogP contribution in [0.25, 0.3) is 0 Å². The van der Waals surface area contributed by atoms with Crippen LogP contribution in [-0.4, -0.2) is 28.2 Å². The molecule has 6 heteroatoms. The summed E-state index contributed by atoms with van der Waals surface area (Å²) < 4.78 is 6.03. The SMILES string of the molecule is COc1cc(CN(c2ncc(Br)cn2)C2CC2)ccc1O. The maximum atomic E-state index is 9.67. The lowest BCUT2D eigenvalue weighted by Gasteiger charge is -2.22. The van der Waals surface area contributed by atoms with Crippen LogP contribution in [0.2, 0.25) is 0 Å². The molecular formula is C15H16BrN3O2. The standard InChI is InChI=1S/C15H16BrN3O2/c1-21-14-6-10(2-5-13(14)20)9-19(12-3-4-12)15-17-7-11(16)8-18-15/h2,5-8,12,20H,3-4,9H2,1H3. The molecule has 0 unspecified atom stereocenters. The number of hydrogen-bond donors (Lipinski definition) is 1. The second-order valence-corrected chi connectivity index (χ2v) is 5.98. The molecule has 1 fully saturated rings. The fourth-order valence-corrected chi connectivity index (χ4v) is 2.42. The van der Waals surface area contributed by atoms with Crippen LogP contribution in [0.15, 0.2) is 35.1 Å². The molecule has 0 radical (unpaired) electrons. The summed E-state index contributed by atoms with van der Waals surface area (Å²) in [6.07, 6.45) is 5.84. The number of aromatic nitrogens is 2. The van der Waals surface area contributed by atoms with Crippen LogP contribution in [-0.2, 0) is 6.54 Å². The van der Waals surface area contributed by atoms with Crippen LogP contribution < -0.4 is 9.64 Å². The first-order valence-corrected chi connectivity index (χ1v) is 7.57. The van der Waals surface area contributed by atoms with Crippen LogP contribution in [0, 0.1) is 0 Å². The lowest BCUT2D eigenvalue weighted by molar-refractivity contribution is 0.373. The van der Waals surface area contributed by atoms with E-state index in [1.54, 1.807) is 25.6 Å². The molecule has 21 heavy (non-hydrogen) atoms. The summed E-state index contributed by atoms with van der Waals surface area (Å²) in [5.41, 5.74) is 1.06. The van der Waals surface area contributed by atoms with Crippen LogP contribution in [0.1, 0.15) is 18.4 Å². The third-order valence-corrected chi connectivity index (χ3v) is 3.86. The van der Waals surface area contributed by atoms with Crippen molar-refractivity contribution in [3.05, 3.63) is 40.6 Å². The number of hydrogen-bond acceptors (Lipinski definition) is 5. The third-order valence-electron chi connectivity index (χ3n) is 3.45. The highest BCUT2D eigenvalue weighted by atomic mass is 79.9. The second kappa shape index (κ2) is 5.89. The summed E-state index contributed by atoms with van der Waals surface area (Å²) in [4.78, 5) is 11.0. The molecule has 1 aliphatic rings. The van der Waals surface area contributed by atoms with Crippen molar-refractivity contribution in [2.75, 3.05) is 12.0 Å². The van der Waals surface area contributed by atoms with E-state index in [0.29, 0.717) is 18.3 Å². The number of methoxy groups -OCH3 is 1. The lowest BCUT2D eigenvalue weighted by atomic mass is 10.2. The van der Waals surface area contributed by atoms with E-state index in [4.69, 9.17) is 4.74 Å². The Morgan fingerprint density at radius 3 is 2.67 bits per heavy atom. The van der Waals surface area contributed by atoms with Crippen molar-refractivity contribution >= 4 is 21.9 Å². The number of ether oxygens (including phenoxy) is 1. The molecule has 0 saturated heterocycles. The van der Waals surface area contributed by atoms with E-state index in [0.717, 1.165) is 28.8 Å². The Morgan fingerprint density at radius 1 is 1.33 bits per heavy atom. The Bertz CT molecular complexity index is 629. The Kier molecular flexibility index (Phi) is 3.96. The van der Waals surface area contributed by atoms with E-state index in [9.17, 15) is 5.11 Å². The first-order chi connectivity index (χ1) is 10.2. The minimum Gasteiger partial charge on any atom is -0.504 e. The minimum absolute atomic E-state index is 0.152. The average Bonchev–Trinajstić information content (AvgIpc) is 3.32. The highest BCUT2D eigenvalue weighted by Crippen LogP contribution is 2.33. The molecule has 1 aromatic carbocycles. The smallest absolute Gasteiger partial charge is 0.225 e. The minimum atomic E-state index is 0.152. The largest absolute Gasteiger partial charge is 0.504 e. The zero-order valence-corrected chi connectivity index (χ0v) is 13.2. The number of halogens is 1. The summed E-state index contributed by atoms with van der Waals surface area (Å²) in [7, 11) is 1.55. The fourth-order valence-electron chi connectivity index (χ4n) is 2.22. The summed E-state index contributed by atoms with van der Waals surface area (Å²) in [6, 6.07) is 5.89. The lowest BCUT2D eigenvalue weighted by Crippen LogP contribution is -2.26. The van der Waals surface area contributed by atoms with Crippen LogP contribution in [0.3, 0.4) is 0 Å². The molecule has 0 atom stereocenters. The number of aromatic hydroxyl groups is 1. The summed E-state index contributed by atoms with van der Waals surface area (Å²) in [6.45, 7) is 0.697. The molecule has 2 aromatic rings. The van der Waals surface area contributed by atoms with Gasteiger partial charge < -0.3 is 14.7 Å². The number of phenolic OH excluding ortho intramolecular Hbond substituents is 1. The summed E-state index contributed by atoms with van der Waals surface area (Å²) in [5, 5.41) is 9.67. The summed E-state index contributed by atoms with van der Waals surface area (Å²) in [5.74, 6) is 1.37. The number of rotatable bonds is 5. The van der Waals surface area contributed by atoms with Crippen molar-refractivity contribution in [3.8, 4) is 11.5 Å². The first kappa shape index (κ1) is 14.1. The van der Waals surface area contributed by atoms with Gasteiger partial charge in [0.05, 0.1) is 11.6 Å². The van der Waals surface area contributed by atoms with Gasteiger partial charge in [-0.2, -0.15) is 0 Å². The van der Waals surface area contributed by atoms with Gasteiger partial charge in [-0.15, -0.1) is 0 Å². The van der Waals surface area contributed by atoms with E-state index in [1.165, 1.54) is 0 Å². The van der Waals surface area contributed by atoms with E-state index in [1.807, 2.05) is 12.1 Å². The van der Waals surface area contributed by atoms with E-state index in [2.05, 4.69) is 30.8 Å². The van der Waals surface area contributed by atoms with Gasteiger partial charge in [0.15, 0.2) is 11.5 Å². The third kappa shape index (κ3) is 3.26. The quantitative estimate of drug-likeness (QED) is 0.898. The number of nitrogens with zero attached hydrogens (tertiary/aromatic N) is 3. The molecule has 0 spiro atoms. The molecule has 3 rings (SSSR count). The van der Waals surface area contributed by atoms with Gasteiger partial charge in [0.25, 0.3) is 0 Å². The van der Waals surface area contributed by atoms with Crippen molar-refractivity contribution in [3.63, 3.8) is 0 Å². The number of benzene rings is 1. The molecule has 1 aromatic heterocycles. The van der Waals surface area contributed by atoms with Gasteiger partial charge in [0, 0.05) is 25.0 Å². The zero-order chi connectivity index (χ0) is 14.8. The molecular weight excluding hydrogens is 334 g/mol. The van der Waals surface area contributed by atoms with Crippen molar-refractivity contribution in [2.45, 2.75) is 25.4 Å². The van der Waals surface area contributed by atoms with Crippen LogP contribution >= 0.6 is 15.9 Å². The topological polar surface area (TPSA) is 58.5 Å². The Hall–Kier alpha value is -1.82. The van der Waals surface area contributed by atoms with Gasteiger partial charge in [0.1, 0.15) is 0 Å². The van der Waals surface area contributed by atoms with E-state index < -0.39 is 0 Å². The van der Waals surface area contributed by atoms with Crippen molar-refractivity contribution in [2.24, 2.45) is 0 Å². The van der Waals surface area contributed by atoms with Crippen molar-refractivity contribution in [1.82, 2.24) is 9.97 Å². The van der Waals surface area contributed by atoms with Gasteiger partial charge in [0.2, 0.25) is 5.95 Å². The Morgan fingerprint density at radius 2 is 2.05 bits per heavy atom. The molecule has 1 N–H and O–H groups in total. The predicted molar refractivity (Wildman–Crippen MR) is 83.6 cm³/mol. The Labute approximate surface area is 131 Å². The number of anilines is 1. The van der Waals surface area contributed by atoms with Gasteiger partial charge >= 0.3 is 0 Å². The summed E-state index contributed by atoms with van der Waals surface area (Å²) >= 11 is 3.35. The van der Waals surface area contributed by atoms with Gasteiger partial charge in [-0.05, 0) is 46.5 Å². The van der Waals surface area contributed by atoms with E-state index >= 15 is 0 Å². The highest BCUT2D eigenvalue weighted by Gasteiger charge is 2.31. The van der Waals surface area contributed by atoms with Gasteiger partial charge in [-0.3, -0.25) is 0 Å². The van der Waals surface area contributed by atoms with Crippen LogP contribution in [0.5, 0.6) is 11.5 Å². The second-order valence-electron chi connectivity index (χ2n) is 5.07. The number of phenols is 1. The molecule has 1 heterocycles. The highest BCUT2D eigenvalue weighted by molar-refractivity contribution is 9.10. The van der Waals surface area contributed by atoms with Gasteiger partial charge in [-0.25, -0.2) is 9.97 Å². The van der Waals surface area contributed by atoms with E-state index in [-0.39, 0.29) is 5.75 Å². The average molecular weight is 350 g/mol. The zero-order valence-electron chi connectivity index (χ0n) is 11.7. The van der Waals surface area contributed by atoms with Crippen molar-refractivity contribution < 1.29 is 9.84 Å². The molecule has 1 aliphatic carbocycles. The molecule has 0 aliphatic heterocycles. The fraction of sp³-hybridized carbons (Fsp3) is 0.333. The molecule has 5 nitrogen and oxygen atoms in total. The maximum Gasteiger partial charge on any atom is 0.225 e. The predicted octanol–water partition coefficient (Wildman–Crippen LogP) is 3.12. The molecule has 0 amide bonds. The molecule has 110 valence electrons. The maximum absolute atomic E-state index is 9.67.